The Kier molecular flexibility index (Phi) is 6.39. The number of hydrogen-bond acceptors (Lipinski definition) is 3. The molecule has 1 aliphatic carbocycles. The second kappa shape index (κ2) is 9.37. The van der Waals surface area contributed by atoms with Crippen molar-refractivity contribution < 1.29 is 18.7 Å². The molecule has 1 saturated carbocycles. The fourth-order valence-corrected chi connectivity index (χ4v) is 4.40. The molecule has 0 aromatic heterocycles. The van der Waals surface area contributed by atoms with Crippen LogP contribution in [0.15, 0.2) is 42.5 Å². The summed E-state index contributed by atoms with van der Waals surface area (Å²) < 4.78 is 19.6. The van der Waals surface area contributed by atoms with Crippen LogP contribution in [-0.4, -0.2) is 37.0 Å². The van der Waals surface area contributed by atoms with E-state index in [-0.39, 0.29) is 30.2 Å². The molecule has 0 atom stereocenters. The van der Waals surface area contributed by atoms with Gasteiger partial charge >= 0.3 is 6.03 Å². The molecule has 3 amide bonds. The number of benzene rings is 2. The highest BCUT2D eigenvalue weighted by atomic mass is 19.1. The van der Waals surface area contributed by atoms with E-state index in [1.54, 1.807) is 53.3 Å². The lowest BCUT2D eigenvalue weighted by Crippen LogP contribution is -2.49. The SMILES string of the molecule is COc1ccc(NC(=O)C2CCCC2)cc1N1CCCN(Cc2ccccc2F)C1=O. The maximum absolute atomic E-state index is 14.1. The maximum atomic E-state index is 14.1. The molecule has 164 valence electrons. The first kappa shape index (κ1) is 21.2. The molecule has 6 nitrogen and oxygen atoms in total. The fraction of sp³-hybridized carbons (Fsp3) is 0.417. The lowest BCUT2D eigenvalue weighted by atomic mass is 10.1. The highest BCUT2D eigenvalue weighted by molar-refractivity contribution is 5.97. The first-order chi connectivity index (χ1) is 15.1. The number of ether oxygens (including phenoxy) is 1. The number of methoxy groups -OCH3 is 1. The van der Waals surface area contributed by atoms with Crippen molar-refractivity contribution in [3.05, 3.63) is 53.8 Å². The standard InChI is InChI=1S/C24H28FN3O3/c1-31-22-12-11-19(26-23(29)17-7-2-3-8-17)15-21(22)28-14-6-13-27(24(28)30)16-18-9-4-5-10-20(18)25/h4-5,9-12,15,17H,2-3,6-8,13-14,16H2,1H3,(H,26,29). The Labute approximate surface area is 182 Å². The molecule has 0 unspecified atom stereocenters. The Bertz CT molecular complexity index is 959. The molecule has 2 aromatic carbocycles. The van der Waals surface area contributed by atoms with Gasteiger partial charge in [0.15, 0.2) is 0 Å². The monoisotopic (exact) mass is 425 g/mol. The van der Waals surface area contributed by atoms with Gasteiger partial charge in [-0.3, -0.25) is 9.69 Å². The van der Waals surface area contributed by atoms with Gasteiger partial charge in [0, 0.05) is 30.3 Å². The molecule has 7 heteroatoms. The van der Waals surface area contributed by atoms with Crippen LogP contribution in [-0.2, 0) is 11.3 Å². The third-order valence-electron chi connectivity index (χ3n) is 6.09. The highest BCUT2D eigenvalue weighted by Gasteiger charge is 2.30. The Hall–Kier alpha value is -3.09. The Morgan fingerprint density at radius 3 is 2.65 bits per heavy atom. The number of anilines is 2. The first-order valence-electron chi connectivity index (χ1n) is 10.9. The molecule has 0 bridgehead atoms. The van der Waals surface area contributed by atoms with Crippen molar-refractivity contribution in [3.63, 3.8) is 0 Å². The molecule has 2 fully saturated rings. The van der Waals surface area contributed by atoms with E-state index in [1.165, 1.54) is 6.07 Å². The van der Waals surface area contributed by atoms with Gasteiger partial charge in [-0.05, 0) is 43.5 Å². The van der Waals surface area contributed by atoms with Crippen molar-refractivity contribution >= 4 is 23.3 Å². The summed E-state index contributed by atoms with van der Waals surface area (Å²) in [6, 6.07) is 11.7. The molecule has 1 saturated heterocycles. The molecule has 0 radical (unpaired) electrons. The van der Waals surface area contributed by atoms with Crippen LogP contribution in [0.4, 0.5) is 20.6 Å². The molecular weight excluding hydrogens is 397 g/mol. The van der Waals surface area contributed by atoms with E-state index in [9.17, 15) is 14.0 Å². The van der Waals surface area contributed by atoms with Crippen LogP contribution < -0.4 is 15.0 Å². The molecule has 4 rings (SSSR count). The second-order valence-electron chi connectivity index (χ2n) is 8.16. The van der Waals surface area contributed by atoms with Crippen LogP contribution in [0.1, 0.15) is 37.7 Å². The van der Waals surface area contributed by atoms with Crippen LogP contribution in [0.5, 0.6) is 5.75 Å². The van der Waals surface area contributed by atoms with Gasteiger partial charge in [-0.25, -0.2) is 9.18 Å². The Morgan fingerprint density at radius 2 is 1.90 bits per heavy atom. The number of urea groups is 1. The van der Waals surface area contributed by atoms with Gasteiger partial charge in [-0.1, -0.05) is 31.0 Å². The van der Waals surface area contributed by atoms with Crippen LogP contribution >= 0.6 is 0 Å². The quantitative estimate of drug-likeness (QED) is 0.724. The molecule has 1 heterocycles. The van der Waals surface area contributed by atoms with Gasteiger partial charge in [0.05, 0.1) is 19.3 Å². The zero-order valence-electron chi connectivity index (χ0n) is 17.8. The normalized spacial score (nSPS) is 17.2. The number of amides is 3. The zero-order valence-corrected chi connectivity index (χ0v) is 17.8. The molecule has 2 aliphatic rings. The highest BCUT2D eigenvalue weighted by Crippen LogP contribution is 2.34. The first-order valence-corrected chi connectivity index (χ1v) is 10.9. The maximum Gasteiger partial charge on any atom is 0.324 e. The van der Waals surface area contributed by atoms with Crippen molar-refractivity contribution in [2.24, 2.45) is 5.92 Å². The van der Waals surface area contributed by atoms with Gasteiger partial charge in [0.2, 0.25) is 5.91 Å². The topological polar surface area (TPSA) is 61.9 Å². The van der Waals surface area contributed by atoms with Crippen molar-refractivity contribution in [2.75, 3.05) is 30.4 Å². The molecule has 31 heavy (non-hydrogen) atoms. The average molecular weight is 426 g/mol. The lowest BCUT2D eigenvalue weighted by Gasteiger charge is -2.36. The largest absolute Gasteiger partial charge is 0.495 e. The number of rotatable bonds is 6. The number of carbonyl (C=O) groups is 2. The summed E-state index contributed by atoms with van der Waals surface area (Å²) in [6.07, 6.45) is 4.77. The lowest BCUT2D eigenvalue weighted by molar-refractivity contribution is -0.119. The predicted octanol–water partition coefficient (Wildman–Crippen LogP) is 4.80. The third-order valence-corrected chi connectivity index (χ3v) is 6.09. The van der Waals surface area contributed by atoms with Crippen molar-refractivity contribution in [2.45, 2.75) is 38.6 Å². The van der Waals surface area contributed by atoms with Crippen LogP contribution in [0.2, 0.25) is 0 Å². The summed E-state index contributed by atoms with van der Waals surface area (Å²) in [5.74, 6) is 0.319. The zero-order chi connectivity index (χ0) is 21.8. The summed E-state index contributed by atoms with van der Waals surface area (Å²) in [7, 11) is 1.56. The van der Waals surface area contributed by atoms with E-state index >= 15 is 0 Å². The number of hydrogen-bond donors (Lipinski definition) is 1. The second-order valence-corrected chi connectivity index (χ2v) is 8.16. The summed E-state index contributed by atoms with van der Waals surface area (Å²) in [5, 5.41) is 2.99. The third kappa shape index (κ3) is 4.65. The van der Waals surface area contributed by atoms with E-state index < -0.39 is 0 Å². The summed E-state index contributed by atoms with van der Waals surface area (Å²) in [6.45, 7) is 1.30. The van der Waals surface area contributed by atoms with Crippen LogP contribution in [0.25, 0.3) is 0 Å². The average Bonchev–Trinajstić information content (AvgIpc) is 3.32. The van der Waals surface area contributed by atoms with Crippen molar-refractivity contribution in [3.8, 4) is 5.75 Å². The minimum Gasteiger partial charge on any atom is -0.495 e. The van der Waals surface area contributed by atoms with E-state index in [0.717, 1.165) is 32.1 Å². The summed E-state index contributed by atoms with van der Waals surface area (Å²) in [4.78, 5) is 29.1. The van der Waals surface area contributed by atoms with Crippen LogP contribution in [0.3, 0.4) is 0 Å². The molecule has 1 aliphatic heterocycles. The van der Waals surface area contributed by atoms with Gasteiger partial charge in [-0.15, -0.1) is 0 Å². The molecule has 1 N–H and O–H groups in total. The van der Waals surface area contributed by atoms with Crippen molar-refractivity contribution in [1.29, 1.82) is 0 Å². The van der Waals surface area contributed by atoms with E-state index in [0.29, 0.717) is 35.8 Å². The number of halogens is 1. The van der Waals surface area contributed by atoms with Crippen molar-refractivity contribution in [1.82, 2.24) is 4.90 Å². The fourth-order valence-electron chi connectivity index (χ4n) is 4.40. The van der Waals surface area contributed by atoms with Gasteiger partial charge < -0.3 is 15.0 Å². The number of carbonyl (C=O) groups excluding carboxylic acids is 2. The van der Waals surface area contributed by atoms with Gasteiger partial charge in [0.1, 0.15) is 11.6 Å². The van der Waals surface area contributed by atoms with Crippen LogP contribution in [0, 0.1) is 11.7 Å². The Balaban J connectivity index is 1.54. The molecular formula is C24H28FN3O3. The van der Waals surface area contributed by atoms with Gasteiger partial charge in [0.25, 0.3) is 0 Å². The minimum atomic E-state index is -0.318. The summed E-state index contributed by atoms with van der Waals surface area (Å²) in [5.41, 5.74) is 1.74. The molecule has 2 aromatic rings. The minimum absolute atomic E-state index is 0.0276. The summed E-state index contributed by atoms with van der Waals surface area (Å²) >= 11 is 0. The smallest absolute Gasteiger partial charge is 0.324 e. The molecule has 0 spiro atoms. The number of nitrogens with zero attached hydrogens (tertiary/aromatic N) is 2. The van der Waals surface area contributed by atoms with Gasteiger partial charge in [-0.2, -0.15) is 0 Å². The van der Waals surface area contributed by atoms with E-state index in [4.69, 9.17) is 4.74 Å². The predicted molar refractivity (Wildman–Crippen MR) is 118 cm³/mol. The number of nitrogens with one attached hydrogen (secondary N) is 1. The van der Waals surface area contributed by atoms with E-state index in [1.807, 2.05) is 0 Å². The van der Waals surface area contributed by atoms with E-state index in [2.05, 4.69) is 5.32 Å². The Morgan fingerprint density at radius 1 is 1.13 bits per heavy atom.